The molecule has 1 atom stereocenters. The number of amides is 1. The zero-order valence-electron chi connectivity index (χ0n) is 17.3. The lowest BCUT2D eigenvalue weighted by molar-refractivity contribution is -0.122. The van der Waals surface area contributed by atoms with Crippen LogP contribution in [0.4, 0.5) is 5.69 Å². The Morgan fingerprint density at radius 1 is 1.03 bits per heavy atom. The van der Waals surface area contributed by atoms with Gasteiger partial charge in [0.05, 0.1) is 12.0 Å². The number of carbonyl (C=O) groups excluding carboxylic acids is 1. The van der Waals surface area contributed by atoms with Crippen LogP contribution in [0.3, 0.4) is 0 Å². The third-order valence-corrected chi connectivity index (χ3v) is 6.99. The fourth-order valence-electron chi connectivity index (χ4n) is 3.38. The standard InChI is InChI=1S/C22H28N2O5S/c1-3-19(29-21-10-6-5-9-20(21)28-2)22(25)23-17-11-13-18(14-12-17)30(26,27)24-15-7-4-8-16-24/h5-6,9-14,19H,3-4,7-8,15-16H2,1-2H3,(H,23,25)/t19-/m1/s1. The number of ether oxygens (including phenoxy) is 2. The largest absolute Gasteiger partial charge is 0.493 e. The van der Waals surface area contributed by atoms with Gasteiger partial charge in [-0.05, 0) is 55.7 Å². The van der Waals surface area contributed by atoms with Crippen LogP contribution in [0.5, 0.6) is 11.5 Å². The summed E-state index contributed by atoms with van der Waals surface area (Å²) in [5.41, 5.74) is 0.514. The fourth-order valence-corrected chi connectivity index (χ4v) is 4.90. The van der Waals surface area contributed by atoms with Gasteiger partial charge in [-0.3, -0.25) is 4.79 Å². The van der Waals surface area contributed by atoms with Crippen LogP contribution in [-0.4, -0.2) is 44.9 Å². The van der Waals surface area contributed by atoms with Crippen molar-refractivity contribution >= 4 is 21.6 Å². The topological polar surface area (TPSA) is 84.9 Å². The van der Waals surface area contributed by atoms with Crippen molar-refractivity contribution in [2.45, 2.75) is 43.6 Å². The Bertz CT molecular complexity index is 954. The van der Waals surface area contributed by atoms with Crippen molar-refractivity contribution in [1.82, 2.24) is 4.31 Å². The van der Waals surface area contributed by atoms with E-state index in [-0.39, 0.29) is 10.8 Å². The Kier molecular flexibility index (Phi) is 7.33. The van der Waals surface area contributed by atoms with Gasteiger partial charge in [0.15, 0.2) is 17.6 Å². The number of nitrogens with one attached hydrogen (secondary N) is 1. The van der Waals surface area contributed by atoms with Gasteiger partial charge in [-0.2, -0.15) is 4.31 Å². The van der Waals surface area contributed by atoms with Crippen LogP contribution in [0.25, 0.3) is 0 Å². The molecule has 0 bridgehead atoms. The highest BCUT2D eigenvalue weighted by atomic mass is 32.2. The van der Waals surface area contributed by atoms with E-state index in [1.54, 1.807) is 31.4 Å². The van der Waals surface area contributed by atoms with Crippen LogP contribution in [-0.2, 0) is 14.8 Å². The molecule has 0 radical (unpaired) electrons. The lowest BCUT2D eigenvalue weighted by atomic mass is 10.2. The van der Waals surface area contributed by atoms with Crippen LogP contribution in [0, 0.1) is 0 Å². The maximum absolute atomic E-state index is 12.7. The number of nitrogens with zero attached hydrogens (tertiary/aromatic N) is 1. The van der Waals surface area contributed by atoms with Gasteiger partial charge in [0, 0.05) is 18.8 Å². The predicted octanol–water partition coefficient (Wildman–Crippen LogP) is 3.67. The zero-order chi connectivity index (χ0) is 21.6. The summed E-state index contributed by atoms with van der Waals surface area (Å²) in [4.78, 5) is 12.9. The molecule has 0 spiro atoms. The van der Waals surface area contributed by atoms with Crippen LogP contribution in [0.15, 0.2) is 53.4 Å². The molecule has 1 saturated heterocycles. The molecule has 1 heterocycles. The minimum absolute atomic E-state index is 0.236. The van der Waals surface area contributed by atoms with Crippen molar-refractivity contribution in [2.24, 2.45) is 0 Å². The van der Waals surface area contributed by atoms with E-state index < -0.39 is 16.1 Å². The van der Waals surface area contributed by atoms with E-state index in [2.05, 4.69) is 5.32 Å². The molecule has 0 saturated carbocycles. The van der Waals surface area contributed by atoms with Crippen molar-refractivity contribution in [2.75, 3.05) is 25.5 Å². The minimum Gasteiger partial charge on any atom is -0.493 e. The summed E-state index contributed by atoms with van der Waals surface area (Å²) in [6, 6.07) is 13.4. The van der Waals surface area contributed by atoms with Crippen molar-refractivity contribution in [3.8, 4) is 11.5 Å². The average Bonchev–Trinajstić information content (AvgIpc) is 2.78. The summed E-state index contributed by atoms with van der Waals surface area (Å²) in [5.74, 6) is 0.732. The monoisotopic (exact) mass is 432 g/mol. The predicted molar refractivity (Wildman–Crippen MR) is 115 cm³/mol. The first-order chi connectivity index (χ1) is 14.5. The Balaban J connectivity index is 1.67. The van der Waals surface area contributed by atoms with Crippen LogP contribution < -0.4 is 14.8 Å². The highest BCUT2D eigenvalue weighted by Crippen LogP contribution is 2.28. The lowest BCUT2D eigenvalue weighted by Crippen LogP contribution is -2.35. The van der Waals surface area contributed by atoms with Gasteiger partial charge < -0.3 is 14.8 Å². The zero-order valence-corrected chi connectivity index (χ0v) is 18.2. The Morgan fingerprint density at radius 2 is 1.67 bits per heavy atom. The summed E-state index contributed by atoms with van der Waals surface area (Å²) in [7, 11) is -1.95. The molecular weight excluding hydrogens is 404 g/mol. The van der Waals surface area contributed by atoms with E-state index in [9.17, 15) is 13.2 Å². The van der Waals surface area contributed by atoms with E-state index in [1.165, 1.54) is 16.4 Å². The number of para-hydroxylation sites is 2. The summed E-state index contributed by atoms with van der Waals surface area (Å²) in [5, 5.41) is 2.80. The molecule has 30 heavy (non-hydrogen) atoms. The Hall–Kier alpha value is -2.58. The van der Waals surface area contributed by atoms with E-state index >= 15 is 0 Å². The van der Waals surface area contributed by atoms with E-state index in [0.717, 1.165) is 19.3 Å². The number of rotatable bonds is 8. The minimum atomic E-state index is -3.49. The average molecular weight is 433 g/mol. The third-order valence-electron chi connectivity index (χ3n) is 5.08. The SMILES string of the molecule is CC[C@@H](Oc1ccccc1OC)C(=O)Nc1ccc(S(=O)(=O)N2CCCCC2)cc1. The highest BCUT2D eigenvalue weighted by Gasteiger charge is 2.26. The van der Waals surface area contributed by atoms with Crippen molar-refractivity contribution in [1.29, 1.82) is 0 Å². The molecule has 1 aliphatic rings. The molecular formula is C22H28N2O5S. The van der Waals surface area contributed by atoms with Gasteiger partial charge in [0.25, 0.3) is 5.91 Å². The molecule has 1 N–H and O–H groups in total. The molecule has 3 rings (SSSR count). The first-order valence-corrected chi connectivity index (χ1v) is 11.6. The van der Waals surface area contributed by atoms with Gasteiger partial charge >= 0.3 is 0 Å². The maximum atomic E-state index is 12.7. The van der Waals surface area contributed by atoms with Crippen LogP contribution in [0.2, 0.25) is 0 Å². The van der Waals surface area contributed by atoms with Crippen molar-refractivity contribution in [3.63, 3.8) is 0 Å². The third kappa shape index (κ3) is 5.12. The number of hydrogen-bond donors (Lipinski definition) is 1. The molecule has 2 aromatic rings. The van der Waals surface area contributed by atoms with E-state index in [4.69, 9.17) is 9.47 Å². The van der Waals surface area contributed by atoms with Gasteiger partial charge in [-0.1, -0.05) is 25.5 Å². The number of carbonyl (C=O) groups is 1. The van der Waals surface area contributed by atoms with E-state index in [1.807, 2.05) is 19.1 Å². The number of sulfonamides is 1. The quantitative estimate of drug-likeness (QED) is 0.688. The number of piperidine rings is 1. The summed E-state index contributed by atoms with van der Waals surface area (Å²) in [6.07, 6.45) is 2.59. The lowest BCUT2D eigenvalue weighted by Gasteiger charge is -2.26. The molecule has 2 aromatic carbocycles. The molecule has 1 aliphatic heterocycles. The first kappa shape index (κ1) is 22.1. The Morgan fingerprint density at radius 3 is 2.27 bits per heavy atom. The summed E-state index contributed by atoms with van der Waals surface area (Å²) < 4.78 is 38.1. The fraction of sp³-hybridized carbons (Fsp3) is 0.409. The smallest absolute Gasteiger partial charge is 0.265 e. The molecule has 1 amide bonds. The molecule has 8 heteroatoms. The second kappa shape index (κ2) is 9.95. The van der Waals surface area contributed by atoms with Crippen molar-refractivity contribution in [3.05, 3.63) is 48.5 Å². The molecule has 0 aromatic heterocycles. The highest BCUT2D eigenvalue weighted by molar-refractivity contribution is 7.89. The second-order valence-corrected chi connectivity index (χ2v) is 9.08. The summed E-state index contributed by atoms with van der Waals surface area (Å²) >= 11 is 0. The summed E-state index contributed by atoms with van der Waals surface area (Å²) in [6.45, 7) is 2.96. The van der Waals surface area contributed by atoms with Crippen LogP contribution >= 0.6 is 0 Å². The van der Waals surface area contributed by atoms with Gasteiger partial charge in [0.1, 0.15) is 0 Å². The molecule has 162 valence electrons. The van der Waals surface area contributed by atoms with Gasteiger partial charge in [0.2, 0.25) is 10.0 Å². The van der Waals surface area contributed by atoms with E-state index in [0.29, 0.717) is 36.7 Å². The van der Waals surface area contributed by atoms with Crippen molar-refractivity contribution < 1.29 is 22.7 Å². The molecule has 7 nitrogen and oxygen atoms in total. The Labute approximate surface area is 178 Å². The second-order valence-electron chi connectivity index (χ2n) is 7.14. The number of methoxy groups -OCH3 is 1. The normalized spacial score (nSPS) is 15.9. The number of hydrogen-bond acceptors (Lipinski definition) is 5. The van der Waals surface area contributed by atoms with Crippen LogP contribution in [0.1, 0.15) is 32.6 Å². The molecule has 0 unspecified atom stereocenters. The maximum Gasteiger partial charge on any atom is 0.265 e. The molecule has 1 fully saturated rings. The van der Waals surface area contributed by atoms with Gasteiger partial charge in [-0.25, -0.2) is 8.42 Å². The number of anilines is 1. The van der Waals surface area contributed by atoms with Gasteiger partial charge in [-0.15, -0.1) is 0 Å². The molecule has 0 aliphatic carbocycles. The number of benzene rings is 2. The first-order valence-electron chi connectivity index (χ1n) is 10.2.